The molecule has 4 nitrogen and oxygen atoms in total. The molecule has 112 valence electrons. The summed E-state index contributed by atoms with van der Waals surface area (Å²) in [6, 6.07) is 7.04. The highest BCUT2D eigenvalue weighted by Gasteiger charge is 2.30. The van der Waals surface area contributed by atoms with Crippen LogP contribution in [0.4, 0.5) is 0 Å². The molecule has 1 aromatic rings. The van der Waals surface area contributed by atoms with Gasteiger partial charge in [0.1, 0.15) is 0 Å². The molecule has 1 fully saturated rings. The van der Waals surface area contributed by atoms with Gasteiger partial charge in [0.05, 0.1) is 12.4 Å². The molecule has 1 unspecified atom stereocenters. The van der Waals surface area contributed by atoms with Gasteiger partial charge in [-0.15, -0.1) is 0 Å². The van der Waals surface area contributed by atoms with Crippen molar-refractivity contribution >= 4 is 21.8 Å². The molecule has 0 aliphatic carbocycles. The maximum atomic E-state index is 12.1. The van der Waals surface area contributed by atoms with Gasteiger partial charge in [0, 0.05) is 11.3 Å². The molecule has 0 bridgehead atoms. The maximum Gasteiger partial charge on any atom is 0.215 e. The zero-order chi connectivity index (χ0) is 14.6. The highest BCUT2D eigenvalue weighted by atomic mass is 32.2. The van der Waals surface area contributed by atoms with Crippen LogP contribution in [-0.2, 0) is 22.4 Å². The Morgan fingerprint density at radius 3 is 2.80 bits per heavy atom. The first-order valence-corrected chi connectivity index (χ1v) is 9.36. The fourth-order valence-corrected chi connectivity index (χ4v) is 4.92. The van der Waals surface area contributed by atoms with E-state index in [2.05, 4.69) is 11.6 Å². The summed E-state index contributed by atoms with van der Waals surface area (Å²) in [5.74, 6) is 1.07. The van der Waals surface area contributed by atoms with Gasteiger partial charge in [-0.3, -0.25) is 0 Å². The molecular weight excluding hydrogens is 294 g/mol. The van der Waals surface area contributed by atoms with E-state index >= 15 is 0 Å². The lowest BCUT2D eigenvalue weighted by Gasteiger charge is -2.22. The van der Waals surface area contributed by atoms with E-state index in [0.717, 1.165) is 24.2 Å². The van der Waals surface area contributed by atoms with E-state index in [-0.39, 0.29) is 17.1 Å². The summed E-state index contributed by atoms with van der Waals surface area (Å²) in [7, 11) is -3.33. The number of sulfonamides is 1. The van der Waals surface area contributed by atoms with Crippen molar-refractivity contribution in [1.82, 2.24) is 4.72 Å². The van der Waals surface area contributed by atoms with Gasteiger partial charge in [-0.25, -0.2) is 13.1 Å². The predicted octanol–water partition coefficient (Wildman–Crippen LogP) is 1.88. The first kappa shape index (κ1) is 15.8. The molecule has 1 aliphatic heterocycles. The number of aliphatic hydroxyl groups excluding tert-OH is 1. The Morgan fingerprint density at radius 1 is 1.40 bits per heavy atom. The molecule has 1 heterocycles. The molecule has 2 N–H and O–H groups in total. The molecule has 0 radical (unpaired) electrons. The number of hydrogen-bond acceptors (Lipinski definition) is 4. The van der Waals surface area contributed by atoms with Gasteiger partial charge in [0.2, 0.25) is 10.0 Å². The third-order valence-electron chi connectivity index (χ3n) is 3.50. The summed E-state index contributed by atoms with van der Waals surface area (Å²) in [4.78, 5) is 0. The second-order valence-corrected chi connectivity index (χ2v) is 8.95. The van der Waals surface area contributed by atoms with E-state index in [4.69, 9.17) is 5.11 Å². The quantitative estimate of drug-likeness (QED) is 0.841. The normalized spacial score (nSPS) is 23.1. The summed E-state index contributed by atoms with van der Waals surface area (Å²) in [5.41, 5.74) is 1.43. The van der Waals surface area contributed by atoms with E-state index in [0.29, 0.717) is 12.1 Å². The second-order valence-electron chi connectivity index (χ2n) is 5.46. The van der Waals surface area contributed by atoms with Crippen molar-refractivity contribution in [2.24, 2.45) is 0 Å². The Hall–Kier alpha value is -0.560. The van der Waals surface area contributed by atoms with Crippen molar-refractivity contribution in [1.29, 1.82) is 0 Å². The number of benzene rings is 1. The molecule has 1 aromatic carbocycles. The number of rotatable bonds is 6. The zero-order valence-corrected chi connectivity index (χ0v) is 13.3. The standard InChI is InChI=1S/C14H21NO3S2/c1-14(6-3-7-19-14)11-15-20(17,18)10-13-5-2-4-12(8-13)9-16/h2,4-5,8,15-16H,3,6-7,9-11H2,1H3. The summed E-state index contributed by atoms with van der Waals surface area (Å²) >= 11 is 1.84. The van der Waals surface area contributed by atoms with Crippen LogP contribution in [0.15, 0.2) is 24.3 Å². The molecule has 1 saturated heterocycles. The van der Waals surface area contributed by atoms with Crippen LogP contribution in [0.5, 0.6) is 0 Å². The zero-order valence-electron chi connectivity index (χ0n) is 11.6. The van der Waals surface area contributed by atoms with E-state index in [1.165, 1.54) is 0 Å². The third kappa shape index (κ3) is 4.48. The van der Waals surface area contributed by atoms with E-state index in [9.17, 15) is 8.42 Å². The number of hydrogen-bond donors (Lipinski definition) is 2. The number of aliphatic hydroxyl groups is 1. The average Bonchev–Trinajstić information content (AvgIpc) is 2.84. The summed E-state index contributed by atoms with van der Waals surface area (Å²) in [6.45, 7) is 2.52. The Balaban J connectivity index is 1.96. The molecule has 0 aromatic heterocycles. The van der Waals surface area contributed by atoms with Crippen molar-refractivity contribution < 1.29 is 13.5 Å². The minimum absolute atomic E-state index is 0.0278. The van der Waals surface area contributed by atoms with Crippen LogP contribution in [0.25, 0.3) is 0 Å². The highest BCUT2D eigenvalue weighted by Crippen LogP contribution is 2.37. The van der Waals surface area contributed by atoms with Crippen molar-refractivity contribution in [2.75, 3.05) is 12.3 Å². The van der Waals surface area contributed by atoms with Crippen molar-refractivity contribution in [3.8, 4) is 0 Å². The summed E-state index contributed by atoms with van der Waals surface area (Å²) in [6.07, 6.45) is 2.21. The van der Waals surface area contributed by atoms with Crippen LogP contribution in [0.1, 0.15) is 30.9 Å². The Morgan fingerprint density at radius 2 is 2.15 bits per heavy atom. The van der Waals surface area contributed by atoms with E-state index in [1.807, 2.05) is 11.8 Å². The molecule has 1 atom stereocenters. The van der Waals surface area contributed by atoms with Gasteiger partial charge in [-0.2, -0.15) is 11.8 Å². The van der Waals surface area contributed by atoms with Gasteiger partial charge in [0.25, 0.3) is 0 Å². The van der Waals surface area contributed by atoms with Crippen LogP contribution in [0, 0.1) is 0 Å². The van der Waals surface area contributed by atoms with Gasteiger partial charge < -0.3 is 5.11 Å². The monoisotopic (exact) mass is 315 g/mol. The van der Waals surface area contributed by atoms with Gasteiger partial charge >= 0.3 is 0 Å². The molecular formula is C14H21NO3S2. The number of thioether (sulfide) groups is 1. The third-order valence-corrected chi connectivity index (χ3v) is 6.33. The fourth-order valence-electron chi connectivity index (χ4n) is 2.33. The van der Waals surface area contributed by atoms with E-state index in [1.54, 1.807) is 24.3 Å². The smallest absolute Gasteiger partial charge is 0.215 e. The molecule has 1 aliphatic rings. The fraction of sp³-hybridized carbons (Fsp3) is 0.571. The molecule has 0 spiro atoms. The Kier molecular flexibility index (Phi) is 5.12. The molecule has 2 rings (SSSR count). The van der Waals surface area contributed by atoms with Gasteiger partial charge in [-0.1, -0.05) is 24.3 Å². The van der Waals surface area contributed by atoms with Crippen LogP contribution in [0.3, 0.4) is 0 Å². The van der Waals surface area contributed by atoms with E-state index < -0.39 is 10.0 Å². The van der Waals surface area contributed by atoms with Crippen molar-refractivity contribution in [2.45, 2.75) is 36.9 Å². The van der Waals surface area contributed by atoms with Crippen LogP contribution < -0.4 is 4.72 Å². The largest absolute Gasteiger partial charge is 0.392 e. The predicted molar refractivity (Wildman–Crippen MR) is 83.1 cm³/mol. The first-order valence-electron chi connectivity index (χ1n) is 6.72. The highest BCUT2D eigenvalue weighted by molar-refractivity contribution is 8.01. The molecule has 6 heteroatoms. The van der Waals surface area contributed by atoms with Crippen LogP contribution >= 0.6 is 11.8 Å². The minimum atomic E-state index is -3.33. The second kappa shape index (κ2) is 6.47. The SMILES string of the molecule is CC1(CNS(=O)(=O)Cc2cccc(CO)c2)CCCS1. The molecule has 20 heavy (non-hydrogen) atoms. The van der Waals surface area contributed by atoms with Crippen molar-refractivity contribution in [3.63, 3.8) is 0 Å². The molecule has 0 saturated carbocycles. The topological polar surface area (TPSA) is 66.4 Å². The number of nitrogens with one attached hydrogen (secondary N) is 1. The summed E-state index contributed by atoms with van der Waals surface area (Å²) in [5, 5.41) is 9.07. The van der Waals surface area contributed by atoms with Crippen molar-refractivity contribution in [3.05, 3.63) is 35.4 Å². The summed E-state index contributed by atoms with van der Waals surface area (Å²) < 4.78 is 27.0. The lowest BCUT2D eigenvalue weighted by molar-refractivity contribution is 0.282. The lowest BCUT2D eigenvalue weighted by atomic mass is 10.1. The van der Waals surface area contributed by atoms with Gasteiger partial charge in [0.15, 0.2) is 0 Å². The van der Waals surface area contributed by atoms with Crippen LogP contribution in [0.2, 0.25) is 0 Å². The lowest BCUT2D eigenvalue weighted by Crippen LogP contribution is -2.37. The Labute approximate surface area is 125 Å². The average molecular weight is 315 g/mol. The first-order chi connectivity index (χ1) is 9.42. The minimum Gasteiger partial charge on any atom is -0.392 e. The van der Waals surface area contributed by atoms with Gasteiger partial charge in [-0.05, 0) is 36.6 Å². The van der Waals surface area contributed by atoms with Crippen LogP contribution in [-0.4, -0.2) is 30.6 Å². The maximum absolute atomic E-state index is 12.1. The Bertz CT molecular complexity index is 551. The molecule has 0 amide bonds.